The van der Waals surface area contributed by atoms with Crippen LogP contribution in [0.1, 0.15) is 20.3 Å². The van der Waals surface area contributed by atoms with Crippen molar-refractivity contribution in [3.05, 3.63) is 0 Å². The maximum atomic E-state index is 7.31. The largest absolute Gasteiger partial charge is 0.388 e. The standard InChI is InChI=1S/C11H24N4/c1-8-6-15(7-10(8)14(3)4)9(2)5-11(12)13/h8-10H,5-7H2,1-4H3,(H3,12,13). The van der Waals surface area contributed by atoms with Crippen LogP contribution in [-0.4, -0.2) is 54.9 Å². The van der Waals surface area contributed by atoms with Gasteiger partial charge in [0.2, 0.25) is 0 Å². The summed E-state index contributed by atoms with van der Waals surface area (Å²) in [6.07, 6.45) is 0.687. The molecule has 0 spiro atoms. The van der Waals surface area contributed by atoms with Gasteiger partial charge in [-0.2, -0.15) is 0 Å². The van der Waals surface area contributed by atoms with Gasteiger partial charge in [-0.3, -0.25) is 10.3 Å². The number of hydrogen-bond acceptors (Lipinski definition) is 3. The van der Waals surface area contributed by atoms with Crippen molar-refractivity contribution in [1.82, 2.24) is 9.80 Å². The minimum Gasteiger partial charge on any atom is -0.388 e. The van der Waals surface area contributed by atoms with Gasteiger partial charge in [-0.05, 0) is 26.9 Å². The summed E-state index contributed by atoms with van der Waals surface area (Å²) in [5, 5.41) is 7.31. The Bertz CT molecular complexity index is 227. The Hall–Kier alpha value is -0.610. The van der Waals surface area contributed by atoms with E-state index in [0.717, 1.165) is 13.1 Å². The molecule has 0 aliphatic carbocycles. The first-order chi connectivity index (χ1) is 6.91. The fraction of sp³-hybridized carbons (Fsp3) is 0.909. The van der Waals surface area contributed by atoms with Crippen molar-refractivity contribution in [2.45, 2.75) is 32.4 Å². The van der Waals surface area contributed by atoms with Gasteiger partial charge in [0.05, 0.1) is 5.84 Å². The highest BCUT2D eigenvalue weighted by atomic mass is 15.3. The van der Waals surface area contributed by atoms with E-state index in [2.05, 4.69) is 37.7 Å². The molecule has 0 aromatic carbocycles. The number of likely N-dealkylation sites (N-methyl/N-ethyl adjacent to an activating group) is 1. The molecule has 3 unspecified atom stereocenters. The Kier molecular flexibility index (Phi) is 4.11. The Labute approximate surface area is 92.9 Å². The number of likely N-dealkylation sites (tertiary alicyclic amines) is 1. The van der Waals surface area contributed by atoms with Crippen LogP contribution in [0.15, 0.2) is 0 Å². The molecule has 3 N–H and O–H groups in total. The summed E-state index contributed by atoms with van der Waals surface area (Å²) in [6, 6.07) is 1.04. The molecule has 1 fully saturated rings. The highest BCUT2D eigenvalue weighted by Gasteiger charge is 2.33. The molecule has 3 atom stereocenters. The third kappa shape index (κ3) is 3.18. The van der Waals surface area contributed by atoms with E-state index in [0.29, 0.717) is 30.3 Å². The highest BCUT2D eigenvalue weighted by Crippen LogP contribution is 2.22. The minimum absolute atomic E-state index is 0.295. The van der Waals surface area contributed by atoms with E-state index in [9.17, 15) is 0 Å². The summed E-state index contributed by atoms with van der Waals surface area (Å²) in [7, 11) is 4.28. The maximum absolute atomic E-state index is 7.31. The molecule has 4 heteroatoms. The summed E-state index contributed by atoms with van der Waals surface area (Å²) in [5.41, 5.74) is 5.44. The lowest BCUT2D eigenvalue weighted by Gasteiger charge is -2.25. The molecule has 1 aliphatic heterocycles. The molecule has 0 bridgehead atoms. The molecule has 1 saturated heterocycles. The Morgan fingerprint density at radius 1 is 1.53 bits per heavy atom. The van der Waals surface area contributed by atoms with Crippen LogP contribution in [0.5, 0.6) is 0 Å². The van der Waals surface area contributed by atoms with Crippen molar-refractivity contribution in [3.63, 3.8) is 0 Å². The van der Waals surface area contributed by atoms with E-state index in [4.69, 9.17) is 11.1 Å². The van der Waals surface area contributed by atoms with Crippen LogP contribution >= 0.6 is 0 Å². The van der Waals surface area contributed by atoms with Gasteiger partial charge >= 0.3 is 0 Å². The van der Waals surface area contributed by atoms with E-state index >= 15 is 0 Å². The molecule has 88 valence electrons. The van der Waals surface area contributed by atoms with E-state index in [1.807, 2.05) is 0 Å². The normalized spacial score (nSPS) is 29.7. The van der Waals surface area contributed by atoms with Crippen molar-refractivity contribution in [3.8, 4) is 0 Å². The monoisotopic (exact) mass is 212 g/mol. The van der Waals surface area contributed by atoms with Crippen molar-refractivity contribution in [2.75, 3.05) is 27.2 Å². The van der Waals surface area contributed by atoms with Gasteiger partial charge in [-0.25, -0.2) is 0 Å². The summed E-state index contributed by atoms with van der Waals surface area (Å²) in [4.78, 5) is 4.74. The Balaban J connectivity index is 2.50. The number of hydrogen-bond donors (Lipinski definition) is 2. The van der Waals surface area contributed by atoms with Gasteiger partial charge in [-0.15, -0.1) is 0 Å². The minimum atomic E-state index is 0.295. The average molecular weight is 212 g/mol. The summed E-state index contributed by atoms with van der Waals surface area (Å²) in [6.45, 7) is 6.68. The first-order valence-electron chi connectivity index (χ1n) is 5.65. The van der Waals surface area contributed by atoms with Gasteiger partial charge < -0.3 is 10.6 Å². The van der Waals surface area contributed by atoms with Crippen LogP contribution in [0.2, 0.25) is 0 Å². The molecular weight excluding hydrogens is 188 g/mol. The number of nitrogens with one attached hydrogen (secondary N) is 1. The topological polar surface area (TPSA) is 56.4 Å². The predicted octanol–water partition coefficient (Wildman–Crippen LogP) is 0.583. The maximum Gasteiger partial charge on any atom is 0.0920 e. The lowest BCUT2D eigenvalue weighted by Crippen LogP contribution is -2.37. The number of amidine groups is 1. The molecule has 4 nitrogen and oxygen atoms in total. The lowest BCUT2D eigenvalue weighted by molar-refractivity contribution is 0.227. The van der Waals surface area contributed by atoms with Crippen LogP contribution < -0.4 is 5.73 Å². The number of nitrogens with two attached hydrogens (primary N) is 1. The van der Waals surface area contributed by atoms with Crippen molar-refractivity contribution in [1.29, 1.82) is 5.41 Å². The lowest BCUT2D eigenvalue weighted by atomic mass is 10.1. The van der Waals surface area contributed by atoms with Gasteiger partial charge in [0.25, 0.3) is 0 Å². The van der Waals surface area contributed by atoms with Crippen molar-refractivity contribution >= 4 is 5.84 Å². The number of rotatable bonds is 4. The second-order valence-electron chi connectivity index (χ2n) is 5.04. The quantitative estimate of drug-likeness (QED) is 0.529. The SMILES string of the molecule is CC1CN(C(C)CC(=N)N)CC1N(C)C. The summed E-state index contributed by atoms with van der Waals surface area (Å²) < 4.78 is 0. The van der Waals surface area contributed by atoms with E-state index < -0.39 is 0 Å². The van der Waals surface area contributed by atoms with Crippen LogP contribution in [0.4, 0.5) is 0 Å². The zero-order valence-electron chi connectivity index (χ0n) is 10.3. The third-order valence-electron chi connectivity index (χ3n) is 3.40. The smallest absolute Gasteiger partial charge is 0.0920 e. The molecule has 0 saturated carbocycles. The van der Waals surface area contributed by atoms with Gasteiger partial charge in [0.1, 0.15) is 0 Å². The van der Waals surface area contributed by atoms with Gasteiger partial charge in [0, 0.05) is 31.6 Å². The van der Waals surface area contributed by atoms with Crippen molar-refractivity contribution < 1.29 is 0 Å². The van der Waals surface area contributed by atoms with Crippen LogP contribution in [0.25, 0.3) is 0 Å². The number of nitrogens with zero attached hydrogens (tertiary/aromatic N) is 2. The molecule has 0 radical (unpaired) electrons. The predicted molar refractivity (Wildman–Crippen MR) is 64.2 cm³/mol. The first kappa shape index (κ1) is 12.5. The van der Waals surface area contributed by atoms with Gasteiger partial charge in [-0.1, -0.05) is 6.92 Å². The second-order valence-corrected chi connectivity index (χ2v) is 5.04. The molecular formula is C11H24N4. The zero-order chi connectivity index (χ0) is 11.6. The molecule has 0 amide bonds. The van der Waals surface area contributed by atoms with E-state index in [1.165, 1.54) is 0 Å². The van der Waals surface area contributed by atoms with E-state index in [1.54, 1.807) is 0 Å². The third-order valence-corrected chi connectivity index (χ3v) is 3.40. The Morgan fingerprint density at radius 3 is 2.53 bits per heavy atom. The van der Waals surface area contributed by atoms with Crippen LogP contribution in [-0.2, 0) is 0 Å². The van der Waals surface area contributed by atoms with E-state index in [-0.39, 0.29) is 0 Å². The Morgan fingerprint density at radius 2 is 2.13 bits per heavy atom. The molecule has 15 heavy (non-hydrogen) atoms. The average Bonchev–Trinajstić information content (AvgIpc) is 2.46. The van der Waals surface area contributed by atoms with Crippen molar-refractivity contribution in [2.24, 2.45) is 11.7 Å². The zero-order valence-corrected chi connectivity index (χ0v) is 10.3. The van der Waals surface area contributed by atoms with Crippen LogP contribution in [0.3, 0.4) is 0 Å². The fourth-order valence-corrected chi connectivity index (χ4v) is 2.47. The summed E-state index contributed by atoms with van der Waals surface area (Å²) in [5.74, 6) is 0.998. The van der Waals surface area contributed by atoms with Gasteiger partial charge in [0.15, 0.2) is 0 Å². The molecule has 1 rings (SSSR count). The molecule has 0 aromatic rings. The second kappa shape index (κ2) is 4.94. The molecule has 0 aromatic heterocycles. The fourth-order valence-electron chi connectivity index (χ4n) is 2.47. The summed E-state index contributed by atoms with van der Waals surface area (Å²) >= 11 is 0. The molecule has 1 heterocycles. The molecule has 1 aliphatic rings. The highest BCUT2D eigenvalue weighted by molar-refractivity contribution is 5.77. The first-order valence-corrected chi connectivity index (χ1v) is 5.65. The van der Waals surface area contributed by atoms with Crippen LogP contribution in [0, 0.1) is 11.3 Å².